The van der Waals surface area contributed by atoms with Crippen LogP contribution in [0.1, 0.15) is 38.2 Å². The number of benzene rings is 2. The summed E-state index contributed by atoms with van der Waals surface area (Å²) in [4.78, 5) is 15.3. The number of halogens is 4. The Morgan fingerprint density at radius 2 is 1.85 bits per heavy atom. The Kier molecular flexibility index (Phi) is 3.80. The smallest absolute Gasteiger partial charge is 0.337 e. The molecule has 0 saturated carbocycles. The Morgan fingerprint density at radius 3 is 2.54 bits per heavy atom. The monoisotopic (exact) mass is 364 g/mol. The second-order valence-corrected chi connectivity index (χ2v) is 6.85. The third-order valence-electron chi connectivity index (χ3n) is 4.99. The van der Waals surface area contributed by atoms with Crippen molar-refractivity contribution in [1.29, 1.82) is 0 Å². The molecule has 26 heavy (non-hydrogen) atoms. The summed E-state index contributed by atoms with van der Waals surface area (Å²) in [6.45, 7) is 0.999. The van der Waals surface area contributed by atoms with Crippen LogP contribution in [0.2, 0.25) is 0 Å². The van der Waals surface area contributed by atoms with E-state index in [4.69, 9.17) is 0 Å². The van der Waals surface area contributed by atoms with E-state index in [9.17, 15) is 22.4 Å². The topological polar surface area (TPSA) is 23.6 Å². The second kappa shape index (κ2) is 5.81. The van der Waals surface area contributed by atoms with Crippen LogP contribution in [-0.2, 0) is 32.4 Å². The molecular formula is C19H16F4N2O. The third-order valence-corrected chi connectivity index (χ3v) is 4.99. The van der Waals surface area contributed by atoms with Crippen molar-refractivity contribution in [2.75, 3.05) is 7.05 Å². The molecule has 1 amide bonds. The summed E-state index contributed by atoms with van der Waals surface area (Å²) < 4.78 is 54.3. The minimum atomic E-state index is -4.52. The van der Waals surface area contributed by atoms with E-state index in [1.807, 2.05) is 11.0 Å². The first kappa shape index (κ1) is 17.0. The lowest BCUT2D eigenvalue weighted by atomic mass is 9.98. The van der Waals surface area contributed by atoms with E-state index in [1.165, 1.54) is 24.1 Å². The van der Waals surface area contributed by atoms with Crippen molar-refractivity contribution in [3.63, 3.8) is 0 Å². The predicted octanol–water partition coefficient (Wildman–Crippen LogP) is 3.95. The average molecular weight is 364 g/mol. The van der Waals surface area contributed by atoms with E-state index in [2.05, 4.69) is 0 Å². The van der Waals surface area contributed by atoms with Gasteiger partial charge in [0.1, 0.15) is 5.82 Å². The lowest BCUT2D eigenvalue weighted by molar-refractivity contribution is -0.138. The zero-order valence-electron chi connectivity index (χ0n) is 14.0. The summed E-state index contributed by atoms with van der Waals surface area (Å²) in [6, 6.07) is 7.48. The second-order valence-electron chi connectivity index (χ2n) is 6.85. The molecule has 2 aliphatic rings. The summed E-state index contributed by atoms with van der Waals surface area (Å²) in [6.07, 6.45) is -4.52. The Morgan fingerprint density at radius 1 is 1.08 bits per heavy atom. The number of hydrogen-bond donors (Lipinski definition) is 0. The zero-order chi connectivity index (χ0) is 18.6. The van der Waals surface area contributed by atoms with Crippen LogP contribution in [0.3, 0.4) is 0 Å². The van der Waals surface area contributed by atoms with Gasteiger partial charge in [-0.2, -0.15) is 13.2 Å². The van der Waals surface area contributed by atoms with Gasteiger partial charge in [-0.25, -0.2) is 4.39 Å². The standard InChI is InChI=1S/C19H16F4N2O/c1-24-9-15-13(18(24)26)5-11(6-16(15)19(21,22)23)7-25-8-12-3-2-4-17(20)14(12)10-25/h2-6H,7-10H2,1H3. The van der Waals surface area contributed by atoms with Gasteiger partial charge in [-0.3, -0.25) is 9.69 Å². The van der Waals surface area contributed by atoms with Crippen molar-refractivity contribution < 1.29 is 22.4 Å². The SMILES string of the molecule is CN1Cc2c(cc(CN3Cc4cccc(F)c4C3)cc2C(F)(F)F)C1=O. The number of rotatable bonds is 2. The van der Waals surface area contributed by atoms with Crippen LogP contribution in [0.5, 0.6) is 0 Å². The van der Waals surface area contributed by atoms with Gasteiger partial charge in [-0.05, 0) is 34.9 Å². The van der Waals surface area contributed by atoms with Crippen LogP contribution in [0.25, 0.3) is 0 Å². The van der Waals surface area contributed by atoms with E-state index in [0.29, 0.717) is 24.2 Å². The maximum absolute atomic E-state index is 13.9. The number of amides is 1. The van der Waals surface area contributed by atoms with Gasteiger partial charge < -0.3 is 4.90 Å². The fourth-order valence-corrected chi connectivity index (χ4v) is 3.77. The zero-order valence-corrected chi connectivity index (χ0v) is 14.0. The van der Waals surface area contributed by atoms with E-state index in [0.717, 1.165) is 11.6 Å². The Hall–Kier alpha value is -2.41. The van der Waals surface area contributed by atoms with Crippen LogP contribution in [-0.4, -0.2) is 22.8 Å². The quantitative estimate of drug-likeness (QED) is 0.754. The molecule has 0 atom stereocenters. The molecule has 2 heterocycles. The highest BCUT2D eigenvalue weighted by atomic mass is 19.4. The molecule has 3 nitrogen and oxygen atoms in total. The van der Waals surface area contributed by atoms with Crippen LogP contribution >= 0.6 is 0 Å². The Labute approximate surface area is 147 Å². The van der Waals surface area contributed by atoms with Crippen molar-refractivity contribution in [2.45, 2.75) is 32.4 Å². The van der Waals surface area contributed by atoms with Gasteiger partial charge in [0.15, 0.2) is 0 Å². The molecule has 0 saturated heterocycles. The fourth-order valence-electron chi connectivity index (χ4n) is 3.77. The molecule has 4 rings (SSSR count). The number of hydrogen-bond acceptors (Lipinski definition) is 2. The normalized spacial score (nSPS) is 17.0. The maximum Gasteiger partial charge on any atom is 0.416 e. The molecule has 0 spiro atoms. The molecule has 0 aliphatic carbocycles. The van der Waals surface area contributed by atoms with Crippen LogP contribution < -0.4 is 0 Å². The van der Waals surface area contributed by atoms with Gasteiger partial charge in [0, 0.05) is 44.4 Å². The van der Waals surface area contributed by atoms with E-state index in [-0.39, 0.29) is 30.0 Å². The van der Waals surface area contributed by atoms with Crippen LogP contribution in [0.4, 0.5) is 17.6 Å². The van der Waals surface area contributed by atoms with E-state index in [1.54, 1.807) is 6.07 Å². The van der Waals surface area contributed by atoms with Gasteiger partial charge >= 0.3 is 6.18 Å². The average Bonchev–Trinajstić information content (AvgIpc) is 3.09. The molecule has 0 N–H and O–H groups in total. The molecule has 2 aromatic carbocycles. The maximum atomic E-state index is 13.9. The fraction of sp³-hybridized carbons (Fsp3) is 0.316. The lowest BCUT2D eigenvalue weighted by Gasteiger charge is -2.18. The van der Waals surface area contributed by atoms with Crippen LogP contribution in [0.15, 0.2) is 30.3 Å². The first-order valence-corrected chi connectivity index (χ1v) is 8.21. The first-order chi connectivity index (χ1) is 12.2. The molecule has 0 bridgehead atoms. The highest BCUT2D eigenvalue weighted by molar-refractivity contribution is 5.98. The number of alkyl halides is 3. The molecular weight excluding hydrogens is 348 g/mol. The van der Waals surface area contributed by atoms with Crippen molar-refractivity contribution in [2.24, 2.45) is 0 Å². The predicted molar refractivity (Wildman–Crippen MR) is 86.6 cm³/mol. The first-order valence-electron chi connectivity index (χ1n) is 8.21. The van der Waals surface area contributed by atoms with E-state index < -0.39 is 17.6 Å². The van der Waals surface area contributed by atoms with Gasteiger partial charge in [-0.15, -0.1) is 0 Å². The largest absolute Gasteiger partial charge is 0.416 e. The van der Waals surface area contributed by atoms with Crippen molar-refractivity contribution in [3.05, 3.63) is 69.5 Å². The van der Waals surface area contributed by atoms with Crippen molar-refractivity contribution in [1.82, 2.24) is 9.80 Å². The van der Waals surface area contributed by atoms with Crippen LogP contribution in [0, 0.1) is 5.82 Å². The van der Waals surface area contributed by atoms with Gasteiger partial charge in [-0.1, -0.05) is 12.1 Å². The van der Waals surface area contributed by atoms with E-state index >= 15 is 0 Å². The number of carbonyl (C=O) groups excluding carboxylic acids is 1. The Balaban J connectivity index is 1.67. The highest BCUT2D eigenvalue weighted by Gasteiger charge is 2.39. The highest BCUT2D eigenvalue weighted by Crippen LogP contribution is 2.38. The summed E-state index contributed by atoms with van der Waals surface area (Å²) in [5.41, 5.74) is 1.22. The van der Waals surface area contributed by atoms with Crippen molar-refractivity contribution >= 4 is 5.91 Å². The minimum Gasteiger partial charge on any atom is -0.337 e. The molecule has 0 radical (unpaired) electrons. The van der Waals surface area contributed by atoms with Gasteiger partial charge in [0.2, 0.25) is 0 Å². The molecule has 2 aromatic rings. The Bertz CT molecular complexity index is 907. The molecule has 0 unspecified atom stereocenters. The van der Waals surface area contributed by atoms with Crippen molar-refractivity contribution in [3.8, 4) is 0 Å². The third kappa shape index (κ3) is 2.76. The summed E-state index contributed by atoms with van der Waals surface area (Å²) in [5.74, 6) is -0.699. The summed E-state index contributed by atoms with van der Waals surface area (Å²) >= 11 is 0. The molecule has 7 heteroatoms. The molecule has 0 fully saturated rings. The number of carbonyl (C=O) groups is 1. The molecule has 136 valence electrons. The minimum absolute atomic E-state index is 0.0319. The summed E-state index contributed by atoms with van der Waals surface area (Å²) in [5, 5.41) is 0. The van der Waals surface area contributed by atoms with Gasteiger partial charge in [0.05, 0.1) is 5.56 Å². The van der Waals surface area contributed by atoms with Gasteiger partial charge in [0.25, 0.3) is 5.91 Å². The number of fused-ring (bicyclic) bond motifs is 2. The summed E-state index contributed by atoms with van der Waals surface area (Å²) in [7, 11) is 1.49. The molecule has 2 aliphatic heterocycles. The number of nitrogens with zero attached hydrogens (tertiary/aromatic N) is 2. The molecule has 0 aromatic heterocycles. The lowest BCUT2D eigenvalue weighted by Crippen LogP contribution is -2.18.